The fraction of sp³-hybridized carbons (Fsp3) is 0.444. The lowest BCUT2D eigenvalue weighted by atomic mass is 10.2. The Bertz CT molecular complexity index is 411. The average molecular weight is 210 g/mol. The van der Waals surface area contributed by atoms with Crippen molar-refractivity contribution < 1.29 is 4.79 Å². The van der Waals surface area contributed by atoms with Gasteiger partial charge in [-0.25, -0.2) is 4.98 Å². The van der Waals surface area contributed by atoms with E-state index < -0.39 is 5.91 Å². The number of rotatable bonds is 4. The van der Waals surface area contributed by atoms with Crippen LogP contribution < -0.4 is 16.6 Å². The van der Waals surface area contributed by atoms with E-state index in [0.717, 1.165) is 0 Å². The van der Waals surface area contributed by atoms with Gasteiger partial charge in [0.05, 0.1) is 6.54 Å². The Balaban J connectivity index is 2.89. The molecule has 0 saturated carbocycles. The Morgan fingerprint density at radius 1 is 1.67 bits per heavy atom. The van der Waals surface area contributed by atoms with Crippen LogP contribution in [0.5, 0.6) is 0 Å². The van der Waals surface area contributed by atoms with E-state index >= 15 is 0 Å². The Hall–Kier alpha value is -1.85. The summed E-state index contributed by atoms with van der Waals surface area (Å²) in [6.07, 6.45) is 0. The lowest BCUT2D eigenvalue weighted by Gasteiger charge is -2.07. The normalized spacial score (nSPS) is 10.3. The van der Waals surface area contributed by atoms with Gasteiger partial charge in [-0.1, -0.05) is 13.8 Å². The SMILES string of the molecule is CC(C)c1nc(NCC(N)=O)cc(=O)[nH]1. The molecular weight excluding hydrogens is 196 g/mol. The highest BCUT2D eigenvalue weighted by molar-refractivity contribution is 5.78. The number of amides is 1. The number of hydrogen-bond donors (Lipinski definition) is 3. The van der Waals surface area contributed by atoms with Crippen LogP contribution in [0.1, 0.15) is 25.6 Å². The predicted molar refractivity (Wildman–Crippen MR) is 56.6 cm³/mol. The zero-order valence-electron chi connectivity index (χ0n) is 8.70. The van der Waals surface area contributed by atoms with Crippen LogP contribution in [0.2, 0.25) is 0 Å². The molecule has 4 N–H and O–H groups in total. The van der Waals surface area contributed by atoms with Gasteiger partial charge in [-0.3, -0.25) is 9.59 Å². The summed E-state index contributed by atoms with van der Waals surface area (Å²) in [5, 5.41) is 2.67. The Labute approximate surface area is 86.9 Å². The Kier molecular flexibility index (Phi) is 3.43. The summed E-state index contributed by atoms with van der Waals surface area (Å²) in [5.74, 6) is 0.562. The third-order valence-electron chi connectivity index (χ3n) is 1.75. The summed E-state index contributed by atoms with van der Waals surface area (Å²) in [6, 6.07) is 1.29. The van der Waals surface area contributed by atoms with Gasteiger partial charge in [-0.2, -0.15) is 0 Å². The summed E-state index contributed by atoms with van der Waals surface area (Å²) in [5.41, 5.74) is 4.71. The third kappa shape index (κ3) is 3.41. The molecular formula is C9H14N4O2. The number of nitrogens with zero attached hydrogens (tertiary/aromatic N) is 1. The number of aromatic amines is 1. The van der Waals surface area contributed by atoms with E-state index in [9.17, 15) is 9.59 Å². The fourth-order valence-corrected chi connectivity index (χ4v) is 1.02. The van der Waals surface area contributed by atoms with Gasteiger partial charge in [0.25, 0.3) is 5.56 Å². The molecule has 0 aromatic carbocycles. The van der Waals surface area contributed by atoms with Gasteiger partial charge in [-0.05, 0) is 0 Å². The quantitative estimate of drug-likeness (QED) is 0.640. The Morgan fingerprint density at radius 3 is 2.87 bits per heavy atom. The van der Waals surface area contributed by atoms with E-state index in [1.165, 1.54) is 6.07 Å². The molecule has 1 heterocycles. The minimum absolute atomic E-state index is 0.0337. The number of nitrogens with two attached hydrogens (primary N) is 1. The maximum atomic E-state index is 11.2. The van der Waals surface area contributed by atoms with E-state index in [-0.39, 0.29) is 18.0 Å². The van der Waals surface area contributed by atoms with Gasteiger partial charge in [0.2, 0.25) is 5.91 Å². The van der Waals surface area contributed by atoms with Crippen LogP contribution in [-0.4, -0.2) is 22.4 Å². The number of nitrogens with one attached hydrogen (secondary N) is 2. The van der Waals surface area contributed by atoms with Crippen molar-refractivity contribution in [2.24, 2.45) is 5.73 Å². The second-order valence-electron chi connectivity index (χ2n) is 3.49. The lowest BCUT2D eigenvalue weighted by Crippen LogP contribution is -2.23. The summed E-state index contributed by atoms with van der Waals surface area (Å²) in [4.78, 5) is 28.5. The summed E-state index contributed by atoms with van der Waals surface area (Å²) >= 11 is 0. The minimum atomic E-state index is -0.497. The molecule has 6 heteroatoms. The van der Waals surface area contributed by atoms with Crippen molar-refractivity contribution in [3.8, 4) is 0 Å². The summed E-state index contributed by atoms with van der Waals surface area (Å²) < 4.78 is 0. The summed E-state index contributed by atoms with van der Waals surface area (Å²) in [7, 11) is 0. The number of carbonyl (C=O) groups excluding carboxylic acids is 1. The van der Waals surface area contributed by atoms with E-state index in [0.29, 0.717) is 11.6 Å². The average Bonchev–Trinajstić information content (AvgIpc) is 2.13. The second-order valence-corrected chi connectivity index (χ2v) is 3.49. The first-order valence-electron chi connectivity index (χ1n) is 4.62. The highest BCUT2D eigenvalue weighted by atomic mass is 16.1. The van der Waals surface area contributed by atoms with Crippen LogP contribution in [0, 0.1) is 0 Å². The van der Waals surface area contributed by atoms with Gasteiger partial charge in [-0.15, -0.1) is 0 Å². The molecule has 0 aliphatic rings. The smallest absolute Gasteiger partial charge is 0.252 e. The molecule has 1 amide bonds. The predicted octanol–water partition coefficient (Wildman–Crippen LogP) is -0.210. The molecule has 0 radical (unpaired) electrons. The van der Waals surface area contributed by atoms with Crippen LogP contribution in [0.25, 0.3) is 0 Å². The van der Waals surface area contributed by atoms with Crippen molar-refractivity contribution in [1.29, 1.82) is 0 Å². The van der Waals surface area contributed by atoms with Crippen molar-refractivity contribution in [2.45, 2.75) is 19.8 Å². The van der Waals surface area contributed by atoms with Crippen molar-refractivity contribution in [3.63, 3.8) is 0 Å². The molecule has 0 fully saturated rings. The zero-order valence-corrected chi connectivity index (χ0v) is 8.70. The number of primary amides is 1. The molecule has 1 aromatic heterocycles. The van der Waals surface area contributed by atoms with Gasteiger partial charge in [0.1, 0.15) is 11.6 Å². The molecule has 0 aliphatic carbocycles. The standard InChI is InChI=1S/C9H14N4O2/c1-5(2)9-12-7(3-8(15)13-9)11-4-6(10)14/h3,5H,4H2,1-2H3,(H2,10,14)(H2,11,12,13,15). The van der Waals surface area contributed by atoms with Gasteiger partial charge < -0.3 is 16.0 Å². The van der Waals surface area contributed by atoms with Crippen molar-refractivity contribution in [2.75, 3.05) is 11.9 Å². The van der Waals surface area contributed by atoms with Crippen LogP contribution >= 0.6 is 0 Å². The molecule has 0 aliphatic heterocycles. The van der Waals surface area contributed by atoms with Crippen LogP contribution in [-0.2, 0) is 4.79 Å². The van der Waals surface area contributed by atoms with E-state index in [1.807, 2.05) is 13.8 Å². The molecule has 0 saturated heterocycles. The molecule has 82 valence electrons. The molecule has 15 heavy (non-hydrogen) atoms. The maximum absolute atomic E-state index is 11.2. The van der Waals surface area contributed by atoms with Crippen LogP contribution in [0.3, 0.4) is 0 Å². The number of carbonyl (C=O) groups is 1. The molecule has 1 rings (SSSR count). The van der Waals surface area contributed by atoms with E-state index in [2.05, 4.69) is 15.3 Å². The second kappa shape index (κ2) is 4.59. The monoisotopic (exact) mass is 210 g/mol. The van der Waals surface area contributed by atoms with Gasteiger partial charge in [0.15, 0.2) is 0 Å². The summed E-state index contributed by atoms with van der Waals surface area (Å²) in [6.45, 7) is 3.79. The van der Waals surface area contributed by atoms with Crippen molar-refractivity contribution in [1.82, 2.24) is 9.97 Å². The number of aromatic nitrogens is 2. The largest absolute Gasteiger partial charge is 0.368 e. The van der Waals surface area contributed by atoms with E-state index in [1.54, 1.807) is 0 Å². The Morgan fingerprint density at radius 2 is 2.33 bits per heavy atom. The van der Waals surface area contributed by atoms with Gasteiger partial charge >= 0.3 is 0 Å². The first kappa shape index (κ1) is 11.2. The fourth-order valence-electron chi connectivity index (χ4n) is 1.02. The van der Waals surface area contributed by atoms with Crippen molar-refractivity contribution >= 4 is 11.7 Å². The number of H-pyrrole nitrogens is 1. The highest BCUT2D eigenvalue weighted by Gasteiger charge is 2.05. The van der Waals surface area contributed by atoms with Crippen LogP contribution in [0.4, 0.5) is 5.82 Å². The third-order valence-corrected chi connectivity index (χ3v) is 1.75. The number of hydrogen-bond acceptors (Lipinski definition) is 4. The van der Waals surface area contributed by atoms with Crippen LogP contribution in [0.15, 0.2) is 10.9 Å². The maximum Gasteiger partial charge on any atom is 0.252 e. The molecule has 0 spiro atoms. The topological polar surface area (TPSA) is 101 Å². The lowest BCUT2D eigenvalue weighted by molar-refractivity contribution is -0.116. The number of anilines is 1. The van der Waals surface area contributed by atoms with Crippen molar-refractivity contribution in [3.05, 3.63) is 22.2 Å². The van der Waals surface area contributed by atoms with Gasteiger partial charge in [0, 0.05) is 12.0 Å². The first-order chi connectivity index (χ1) is 6.99. The molecule has 0 unspecified atom stereocenters. The molecule has 6 nitrogen and oxygen atoms in total. The molecule has 0 bridgehead atoms. The highest BCUT2D eigenvalue weighted by Crippen LogP contribution is 2.08. The molecule has 1 aromatic rings. The minimum Gasteiger partial charge on any atom is -0.368 e. The van der Waals surface area contributed by atoms with E-state index in [4.69, 9.17) is 5.73 Å². The first-order valence-corrected chi connectivity index (χ1v) is 4.62. The molecule has 0 atom stereocenters. The zero-order chi connectivity index (χ0) is 11.4.